The van der Waals surface area contributed by atoms with Gasteiger partial charge in [0.2, 0.25) is 0 Å². The highest BCUT2D eigenvalue weighted by Crippen LogP contribution is 2.34. The highest BCUT2D eigenvalue weighted by Gasteiger charge is 2.35. The molecule has 0 aliphatic heterocycles. The SMILES string of the molecule is CCOC(=O)c1ccc2c(c1)C(=O)C[C@H]2C(=O)OCC. The normalized spacial score (nSPS) is 16.7. The minimum atomic E-state index is -0.561. The summed E-state index contributed by atoms with van der Waals surface area (Å²) in [6.07, 6.45) is 0.0977. The first-order valence-electron chi connectivity index (χ1n) is 6.59. The predicted molar refractivity (Wildman–Crippen MR) is 70.7 cm³/mol. The lowest BCUT2D eigenvalue weighted by Crippen LogP contribution is -2.14. The van der Waals surface area contributed by atoms with Gasteiger partial charge in [0.1, 0.15) is 0 Å². The second-order valence-electron chi connectivity index (χ2n) is 4.45. The third kappa shape index (κ3) is 2.57. The van der Waals surface area contributed by atoms with Crippen molar-refractivity contribution in [2.45, 2.75) is 26.2 Å². The molecule has 5 nitrogen and oxygen atoms in total. The van der Waals surface area contributed by atoms with Crippen molar-refractivity contribution >= 4 is 17.7 Å². The first-order chi connectivity index (χ1) is 9.58. The maximum Gasteiger partial charge on any atom is 0.338 e. The minimum Gasteiger partial charge on any atom is -0.466 e. The van der Waals surface area contributed by atoms with Crippen LogP contribution < -0.4 is 0 Å². The van der Waals surface area contributed by atoms with E-state index in [-0.39, 0.29) is 25.4 Å². The molecule has 0 saturated heterocycles. The van der Waals surface area contributed by atoms with E-state index in [9.17, 15) is 14.4 Å². The Hall–Kier alpha value is -2.17. The highest BCUT2D eigenvalue weighted by atomic mass is 16.5. The summed E-state index contributed by atoms with van der Waals surface area (Å²) in [5.41, 5.74) is 1.36. The minimum absolute atomic E-state index is 0.0977. The second kappa shape index (κ2) is 5.86. The summed E-state index contributed by atoms with van der Waals surface area (Å²) < 4.78 is 9.86. The van der Waals surface area contributed by atoms with Crippen LogP contribution >= 0.6 is 0 Å². The Morgan fingerprint density at radius 2 is 1.90 bits per heavy atom. The van der Waals surface area contributed by atoms with Crippen LogP contribution in [-0.2, 0) is 14.3 Å². The van der Waals surface area contributed by atoms with Crippen LogP contribution in [0.25, 0.3) is 0 Å². The summed E-state index contributed by atoms with van der Waals surface area (Å²) in [4.78, 5) is 35.4. The van der Waals surface area contributed by atoms with E-state index in [1.165, 1.54) is 6.07 Å². The Balaban J connectivity index is 2.31. The van der Waals surface area contributed by atoms with Gasteiger partial charge in [-0.25, -0.2) is 4.79 Å². The largest absolute Gasteiger partial charge is 0.466 e. The van der Waals surface area contributed by atoms with Gasteiger partial charge in [-0.1, -0.05) is 6.07 Å². The Labute approximate surface area is 116 Å². The molecule has 1 aromatic carbocycles. The second-order valence-corrected chi connectivity index (χ2v) is 4.45. The van der Waals surface area contributed by atoms with Crippen molar-refractivity contribution in [1.82, 2.24) is 0 Å². The molecule has 1 atom stereocenters. The van der Waals surface area contributed by atoms with Crippen molar-refractivity contribution in [3.05, 3.63) is 34.9 Å². The third-order valence-electron chi connectivity index (χ3n) is 3.20. The molecule has 0 spiro atoms. The number of benzene rings is 1. The Morgan fingerprint density at radius 3 is 2.55 bits per heavy atom. The number of Topliss-reactive ketones (excluding diaryl/α,β-unsaturated/α-hetero) is 1. The molecule has 0 radical (unpaired) electrons. The van der Waals surface area contributed by atoms with Gasteiger partial charge in [0.25, 0.3) is 0 Å². The monoisotopic (exact) mass is 276 g/mol. The molecule has 1 aromatic rings. The van der Waals surface area contributed by atoms with Crippen molar-refractivity contribution in [1.29, 1.82) is 0 Å². The quantitative estimate of drug-likeness (QED) is 0.788. The third-order valence-corrected chi connectivity index (χ3v) is 3.20. The molecule has 5 heteroatoms. The molecule has 106 valence electrons. The number of carbonyl (C=O) groups is 3. The molecule has 2 rings (SSSR count). The van der Waals surface area contributed by atoms with Crippen LogP contribution in [0.2, 0.25) is 0 Å². The fourth-order valence-electron chi connectivity index (χ4n) is 2.30. The molecular formula is C15H16O5. The van der Waals surface area contributed by atoms with Crippen LogP contribution in [0.1, 0.15) is 52.5 Å². The molecule has 0 unspecified atom stereocenters. The molecule has 20 heavy (non-hydrogen) atoms. The van der Waals surface area contributed by atoms with E-state index >= 15 is 0 Å². The van der Waals surface area contributed by atoms with Crippen molar-refractivity contribution in [3.63, 3.8) is 0 Å². The molecule has 1 aliphatic rings. The van der Waals surface area contributed by atoms with Gasteiger partial charge in [0.15, 0.2) is 5.78 Å². The molecule has 1 aliphatic carbocycles. The number of esters is 2. The zero-order valence-corrected chi connectivity index (χ0v) is 11.5. The lowest BCUT2D eigenvalue weighted by molar-refractivity contribution is -0.144. The van der Waals surface area contributed by atoms with Gasteiger partial charge < -0.3 is 9.47 Å². The summed E-state index contributed by atoms with van der Waals surface area (Å²) in [6.45, 7) is 3.99. The highest BCUT2D eigenvalue weighted by molar-refractivity contribution is 6.07. The summed E-state index contributed by atoms with van der Waals surface area (Å²) in [5.74, 6) is -1.58. The van der Waals surface area contributed by atoms with Crippen LogP contribution in [0.4, 0.5) is 0 Å². The van der Waals surface area contributed by atoms with Gasteiger partial charge >= 0.3 is 11.9 Å². The lowest BCUT2D eigenvalue weighted by atomic mass is 10.00. The number of carbonyl (C=O) groups excluding carboxylic acids is 3. The maximum atomic E-state index is 12.0. The maximum absolute atomic E-state index is 12.0. The fourth-order valence-corrected chi connectivity index (χ4v) is 2.30. The van der Waals surface area contributed by atoms with Crippen LogP contribution in [0, 0.1) is 0 Å². The average molecular weight is 276 g/mol. The smallest absolute Gasteiger partial charge is 0.338 e. The van der Waals surface area contributed by atoms with Gasteiger partial charge in [0, 0.05) is 12.0 Å². The van der Waals surface area contributed by atoms with E-state index in [2.05, 4.69) is 0 Å². The van der Waals surface area contributed by atoms with Crippen molar-refractivity contribution in [2.24, 2.45) is 0 Å². The molecule has 0 N–H and O–H groups in total. The summed E-state index contributed by atoms with van der Waals surface area (Å²) in [6, 6.07) is 4.70. The molecule has 0 heterocycles. The van der Waals surface area contributed by atoms with E-state index < -0.39 is 17.9 Å². The van der Waals surface area contributed by atoms with Crippen LogP contribution in [-0.4, -0.2) is 30.9 Å². The van der Waals surface area contributed by atoms with Gasteiger partial charge in [-0.05, 0) is 31.5 Å². The van der Waals surface area contributed by atoms with E-state index in [1.54, 1.807) is 26.0 Å². The van der Waals surface area contributed by atoms with E-state index in [0.717, 1.165) is 0 Å². The number of hydrogen-bond acceptors (Lipinski definition) is 5. The Bertz CT molecular complexity index is 561. The predicted octanol–water partition coefficient (Wildman–Crippen LogP) is 2.10. The molecule has 0 amide bonds. The van der Waals surface area contributed by atoms with Gasteiger partial charge in [-0.3, -0.25) is 9.59 Å². The summed E-state index contributed by atoms with van der Waals surface area (Å²) in [7, 11) is 0. The van der Waals surface area contributed by atoms with Crippen LogP contribution in [0.3, 0.4) is 0 Å². The molecular weight excluding hydrogens is 260 g/mol. The van der Waals surface area contributed by atoms with Gasteiger partial charge in [0.05, 0.1) is 24.7 Å². The Morgan fingerprint density at radius 1 is 1.20 bits per heavy atom. The summed E-state index contributed by atoms with van der Waals surface area (Å²) >= 11 is 0. The standard InChI is InChI=1S/C15H16O5/c1-3-19-14(17)9-5-6-10-11(7-9)13(16)8-12(10)15(18)20-4-2/h5-7,12H,3-4,8H2,1-2H3/t12-/m1/s1. The zero-order chi connectivity index (χ0) is 14.7. The zero-order valence-electron chi connectivity index (χ0n) is 11.5. The number of rotatable bonds is 4. The first kappa shape index (κ1) is 14.2. The van der Waals surface area contributed by atoms with E-state index in [1.807, 2.05) is 0 Å². The number of hydrogen-bond donors (Lipinski definition) is 0. The van der Waals surface area contributed by atoms with Gasteiger partial charge in [-0.15, -0.1) is 0 Å². The van der Waals surface area contributed by atoms with E-state index in [0.29, 0.717) is 16.7 Å². The fraction of sp³-hybridized carbons (Fsp3) is 0.400. The average Bonchev–Trinajstić information content (AvgIpc) is 2.76. The first-order valence-corrected chi connectivity index (χ1v) is 6.59. The van der Waals surface area contributed by atoms with E-state index in [4.69, 9.17) is 9.47 Å². The molecule has 0 saturated carbocycles. The summed E-state index contributed by atoms with van der Waals surface area (Å²) in [5, 5.41) is 0. The molecule has 0 fully saturated rings. The number of fused-ring (bicyclic) bond motifs is 1. The lowest BCUT2D eigenvalue weighted by Gasteiger charge is -2.10. The van der Waals surface area contributed by atoms with Crippen LogP contribution in [0.5, 0.6) is 0 Å². The van der Waals surface area contributed by atoms with Crippen molar-refractivity contribution in [2.75, 3.05) is 13.2 Å². The number of ketones is 1. The van der Waals surface area contributed by atoms with Crippen molar-refractivity contribution < 1.29 is 23.9 Å². The molecule has 0 aromatic heterocycles. The Kier molecular flexibility index (Phi) is 4.17. The van der Waals surface area contributed by atoms with Gasteiger partial charge in [-0.2, -0.15) is 0 Å². The van der Waals surface area contributed by atoms with Crippen LogP contribution in [0.15, 0.2) is 18.2 Å². The van der Waals surface area contributed by atoms with Crippen molar-refractivity contribution in [3.8, 4) is 0 Å². The topological polar surface area (TPSA) is 69.7 Å². The molecule has 0 bridgehead atoms. The number of ether oxygens (including phenoxy) is 2.